The molecule has 2 aliphatic rings. The Labute approximate surface area is 225 Å². The highest BCUT2D eigenvalue weighted by atomic mass is 28.3. The number of ether oxygens (including phenoxy) is 1. The number of halogens is 5. The first-order valence-corrected chi connectivity index (χ1v) is 17.0. The molecule has 0 N–H and O–H groups in total. The average Bonchev–Trinajstić information content (AvgIpc) is 2.89. The summed E-state index contributed by atoms with van der Waals surface area (Å²) in [6.45, 7) is -0.900. The number of hydrogen-bond donors (Lipinski definition) is 0. The second-order valence-corrected chi connectivity index (χ2v) is 15.0. The van der Waals surface area contributed by atoms with E-state index in [4.69, 9.17) is 0 Å². The fourth-order valence-corrected chi connectivity index (χ4v) is 10.3. The molecule has 0 amide bonds. The maximum absolute atomic E-state index is 15.0. The van der Waals surface area contributed by atoms with Gasteiger partial charge in [0.05, 0.1) is 5.56 Å². The quantitative estimate of drug-likeness (QED) is 0.153. The third-order valence-corrected chi connectivity index (χ3v) is 12.5. The highest BCUT2D eigenvalue weighted by molar-refractivity contribution is 6.58. The molecule has 0 unspecified atom stereocenters. The molecule has 1 nitrogen and oxygen atoms in total. The van der Waals surface area contributed by atoms with Crippen molar-refractivity contribution in [3.05, 3.63) is 53.3 Å². The van der Waals surface area contributed by atoms with Gasteiger partial charge in [-0.15, -0.1) is 0 Å². The zero-order chi connectivity index (χ0) is 27.1. The maximum atomic E-state index is 15.0. The van der Waals surface area contributed by atoms with Crippen LogP contribution in [0.15, 0.2) is 30.3 Å². The summed E-state index contributed by atoms with van der Waals surface area (Å²) in [5.74, 6) is -1.56. The molecule has 1 heterocycles. The monoisotopic (exact) mass is 552 g/mol. The molecule has 2 aromatic carbocycles. The van der Waals surface area contributed by atoms with Crippen molar-refractivity contribution in [2.24, 2.45) is 11.8 Å². The number of benzene rings is 2. The molecule has 2 fully saturated rings. The van der Waals surface area contributed by atoms with Crippen LogP contribution in [-0.4, -0.2) is 15.4 Å². The van der Waals surface area contributed by atoms with Gasteiger partial charge < -0.3 is 4.74 Å². The Morgan fingerprint density at radius 2 is 1.45 bits per heavy atom. The fourth-order valence-electron chi connectivity index (χ4n) is 6.70. The van der Waals surface area contributed by atoms with E-state index in [1.54, 1.807) is 6.04 Å². The Morgan fingerprint density at radius 1 is 0.816 bits per heavy atom. The molecule has 1 aliphatic carbocycles. The van der Waals surface area contributed by atoms with E-state index in [0.717, 1.165) is 43.7 Å². The van der Waals surface area contributed by atoms with Gasteiger partial charge in [-0.2, -0.15) is 8.78 Å². The summed E-state index contributed by atoms with van der Waals surface area (Å²) in [5.41, 5.74) is 0.242. The minimum Gasteiger partial charge on any atom is -0.432 e. The minimum absolute atomic E-state index is 0.0490. The zero-order valence-electron chi connectivity index (χ0n) is 22.5. The largest absolute Gasteiger partial charge is 0.432 e. The summed E-state index contributed by atoms with van der Waals surface area (Å²) in [4.78, 5) is 0. The van der Waals surface area contributed by atoms with E-state index in [-0.39, 0.29) is 17.0 Å². The van der Waals surface area contributed by atoms with Gasteiger partial charge in [0.2, 0.25) is 0 Å². The summed E-state index contributed by atoms with van der Waals surface area (Å²) in [6, 6.07) is 10.3. The molecule has 4 rings (SSSR count). The van der Waals surface area contributed by atoms with Gasteiger partial charge in [0, 0.05) is 8.80 Å². The minimum atomic E-state index is -3.18. The van der Waals surface area contributed by atoms with Gasteiger partial charge in [0.25, 0.3) is 0 Å². The molecule has 0 atom stereocenters. The standard InChI is InChI=1S/C31H41F5OSi/c1-2-3-4-15-38-16-13-22(14-17-38)6-5-21-7-9-23(10-8-21)25-19-27(33)30(28(34)20-25)24-11-12-29(26(32)18-24)37-31(35)36/h11-12,18-23,31,38H,2-10,13-17H2,1H3/t21?,22-,23?,38-. The van der Waals surface area contributed by atoms with Crippen LogP contribution in [0.25, 0.3) is 11.1 Å². The summed E-state index contributed by atoms with van der Waals surface area (Å²) in [7, 11) is -0.454. The second-order valence-electron chi connectivity index (χ2n) is 11.6. The molecule has 7 heteroatoms. The number of unbranched alkanes of at least 4 members (excludes halogenated alkanes) is 2. The molecule has 1 aliphatic heterocycles. The number of alkyl halides is 2. The lowest BCUT2D eigenvalue weighted by Gasteiger charge is -2.32. The average molecular weight is 553 g/mol. The summed E-state index contributed by atoms with van der Waals surface area (Å²) in [5, 5.41) is 0. The predicted octanol–water partition coefficient (Wildman–Crippen LogP) is 10.3. The number of rotatable bonds is 11. The van der Waals surface area contributed by atoms with Gasteiger partial charge in [-0.25, -0.2) is 13.2 Å². The van der Waals surface area contributed by atoms with Gasteiger partial charge in [-0.1, -0.05) is 76.1 Å². The summed E-state index contributed by atoms with van der Waals surface area (Å²) in [6.07, 6.45) is 13.7. The van der Waals surface area contributed by atoms with E-state index in [0.29, 0.717) is 11.5 Å². The molecule has 1 saturated heterocycles. The third kappa shape index (κ3) is 7.83. The highest BCUT2D eigenvalue weighted by Crippen LogP contribution is 2.41. The van der Waals surface area contributed by atoms with Gasteiger partial charge in [-0.05, 0) is 78.8 Å². The van der Waals surface area contributed by atoms with Crippen LogP contribution in [0.1, 0.15) is 89.0 Å². The Balaban J connectivity index is 1.27. The van der Waals surface area contributed by atoms with E-state index < -0.39 is 38.6 Å². The van der Waals surface area contributed by atoms with Crippen molar-refractivity contribution in [1.29, 1.82) is 0 Å². The summed E-state index contributed by atoms with van der Waals surface area (Å²) < 4.78 is 73.0. The Hall–Kier alpha value is -1.89. The molecule has 0 spiro atoms. The first-order valence-electron chi connectivity index (χ1n) is 14.6. The lowest BCUT2D eigenvalue weighted by Crippen LogP contribution is -2.22. The van der Waals surface area contributed by atoms with Crippen molar-refractivity contribution in [3.8, 4) is 16.9 Å². The SMILES string of the molecule is CCCCC[Si@H]1CC[C@H](CCC2CCC(c3cc(F)c(-c4ccc(OC(F)F)c(F)c4)c(F)c3)CC2)CC1. The van der Waals surface area contributed by atoms with Crippen molar-refractivity contribution < 1.29 is 26.7 Å². The van der Waals surface area contributed by atoms with Crippen LogP contribution >= 0.6 is 0 Å². The Bertz CT molecular complexity index is 1010. The fraction of sp³-hybridized carbons (Fsp3) is 0.613. The van der Waals surface area contributed by atoms with Crippen LogP contribution in [-0.2, 0) is 0 Å². The van der Waals surface area contributed by atoms with Crippen molar-refractivity contribution in [3.63, 3.8) is 0 Å². The smallest absolute Gasteiger partial charge is 0.387 e. The van der Waals surface area contributed by atoms with Crippen LogP contribution in [0.3, 0.4) is 0 Å². The van der Waals surface area contributed by atoms with Crippen LogP contribution in [0.4, 0.5) is 22.0 Å². The van der Waals surface area contributed by atoms with Gasteiger partial charge in [0.1, 0.15) is 11.6 Å². The molecule has 0 aromatic heterocycles. The predicted molar refractivity (Wildman–Crippen MR) is 146 cm³/mol. The Kier molecular flexibility index (Phi) is 10.7. The zero-order valence-corrected chi connectivity index (χ0v) is 23.6. The second kappa shape index (κ2) is 13.9. The normalized spacial score (nSPS) is 24.1. The molecule has 2 aromatic rings. The van der Waals surface area contributed by atoms with Crippen molar-refractivity contribution in [2.45, 2.75) is 108 Å². The molecule has 0 radical (unpaired) electrons. The van der Waals surface area contributed by atoms with Crippen LogP contribution in [0, 0.1) is 29.3 Å². The van der Waals surface area contributed by atoms with Gasteiger partial charge >= 0.3 is 6.61 Å². The van der Waals surface area contributed by atoms with Gasteiger partial charge in [0.15, 0.2) is 11.6 Å². The van der Waals surface area contributed by atoms with E-state index in [2.05, 4.69) is 11.7 Å². The maximum Gasteiger partial charge on any atom is 0.387 e. The topological polar surface area (TPSA) is 9.23 Å². The van der Waals surface area contributed by atoms with E-state index in [1.165, 1.54) is 75.2 Å². The molecular weight excluding hydrogens is 511 g/mol. The van der Waals surface area contributed by atoms with Crippen molar-refractivity contribution in [2.75, 3.05) is 0 Å². The number of hydrogen-bond acceptors (Lipinski definition) is 1. The van der Waals surface area contributed by atoms with E-state index in [9.17, 15) is 13.2 Å². The summed E-state index contributed by atoms with van der Waals surface area (Å²) >= 11 is 0. The highest BCUT2D eigenvalue weighted by Gasteiger charge is 2.27. The Morgan fingerprint density at radius 3 is 2.03 bits per heavy atom. The van der Waals surface area contributed by atoms with Gasteiger partial charge in [-0.3, -0.25) is 0 Å². The van der Waals surface area contributed by atoms with Crippen LogP contribution in [0.5, 0.6) is 5.75 Å². The molecule has 210 valence electrons. The first-order chi connectivity index (χ1) is 18.3. The van der Waals surface area contributed by atoms with E-state index in [1.807, 2.05) is 0 Å². The first kappa shape index (κ1) is 29.1. The molecule has 1 saturated carbocycles. The molecule has 0 bridgehead atoms. The van der Waals surface area contributed by atoms with Crippen LogP contribution < -0.4 is 4.74 Å². The lowest BCUT2D eigenvalue weighted by atomic mass is 9.76. The lowest BCUT2D eigenvalue weighted by molar-refractivity contribution is -0.0521. The van der Waals surface area contributed by atoms with E-state index >= 15 is 8.78 Å². The van der Waals surface area contributed by atoms with Crippen LogP contribution in [0.2, 0.25) is 18.1 Å². The molecule has 38 heavy (non-hydrogen) atoms. The van der Waals surface area contributed by atoms with Crippen molar-refractivity contribution >= 4 is 8.80 Å². The third-order valence-electron chi connectivity index (χ3n) is 8.98. The molecular formula is C31H41F5OSi. The van der Waals surface area contributed by atoms with Crippen molar-refractivity contribution in [1.82, 2.24) is 0 Å².